The van der Waals surface area contributed by atoms with Crippen molar-refractivity contribution >= 4 is 6.29 Å². The van der Waals surface area contributed by atoms with Crippen molar-refractivity contribution in [3.05, 3.63) is 47.8 Å². The molecule has 1 aromatic heterocycles. The summed E-state index contributed by atoms with van der Waals surface area (Å²) in [4.78, 5) is 14.7. The van der Waals surface area contributed by atoms with Gasteiger partial charge in [0.15, 0.2) is 12.1 Å². The van der Waals surface area contributed by atoms with Gasteiger partial charge in [0.2, 0.25) is 0 Å². The molecule has 92 valence electrons. The summed E-state index contributed by atoms with van der Waals surface area (Å²) in [7, 11) is 0. The van der Waals surface area contributed by atoms with Gasteiger partial charge < -0.3 is 9.30 Å². The fraction of sp³-hybridized carbons (Fsp3) is 0.231. The minimum Gasteiger partial charge on any atom is -0.488 e. The molecular formula is C13H11FN2O2. The van der Waals surface area contributed by atoms with Crippen LogP contribution >= 0.6 is 0 Å². The molecule has 0 amide bonds. The summed E-state index contributed by atoms with van der Waals surface area (Å²) in [6.45, 7) is 0.532. The molecule has 2 heterocycles. The summed E-state index contributed by atoms with van der Waals surface area (Å²) in [6, 6.07) is 4.51. The third kappa shape index (κ3) is 1.88. The number of hydrogen-bond donors (Lipinski definition) is 0. The maximum Gasteiger partial charge on any atom is 0.185 e. The number of halogens is 1. The number of fused-ring (bicyclic) bond motifs is 1. The molecule has 0 bridgehead atoms. The Kier molecular flexibility index (Phi) is 2.59. The summed E-state index contributed by atoms with van der Waals surface area (Å²) in [6.07, 6.45) is 4.57. The molecule has 18 heavy (non-hydrogen) atoms. The number of carbonyl (C=O) groups is 1. The van der Waals surface area contributed by atoms with Crippen LogP contribution in [0.5, 0.6) is 5.75 Å². The molecule has 0 radical (unpaired) electrons. The maximum absolute atomic E-state index is 13.1. The first kappa shape index (κ1) is 11.0. The SMILES string of the molecule is O=Cc1nccn1CC1Cc2cc(F)ccc2O1. The van der Waals surface area contributed by atoms with Crippen LogP contribution in [0, 0.1) is 5.82 Å². The van der Waals surface area contributed by atoms with Crippen molar-refractivity contribution in [3.8, 4) is 5.75 Å². The lowest BCUT2D eigenvalue weighted by molar-refractivity contribution is 0.110. The second kappa shape index (κ2) is 4.25. The van der Waals surface area contributed by atoms with Gasteiger partial charge in [-0.2, -0.15) is 0 Å². The molecule has 0 saturated heterocycles. The van der Waals surface area contributed by atoms with Crippen LogP contribution in [-0.2, 0) is 13.0 Å². The van der Waals surface area contributed by atoms with Crippen LogP contribution in [0.1, 0.15) is 16.2 Å². The quantitative estimate of drug-likeness (QED) is 0.776. The van der Waals surface area contributed by atoms with E-state index in [4.69, 9.17) is 4.74 Å². The van der Waals surface area contributed by atoms with Crippen LogP contribution in [0.15, 0.2) is 30.6 Å². The third-order valence-corrected chi connectivity index (χ3v) is 3.02. The Morgan fingerprint density at radius 1 is 1.56 bits per heavy atom. The number of ether oxygens (including phenoxy) is 1. The molecule has 4 nitrogen and oxygen atoms in total. The van der Waals surface area contributed by atoms with Crippen molar-refractivity contribution in [1.29, 1.82) is 0 Å². The van der Waals surface area contributed by atoms with Crippen molar-refractivity contribution < 1.29 is 13.9 Å². The number of imidazole rings is 1. The van der Waals surface area contributed by atoms with Gasteiger partial charge in [0.25, 0.3) is 0 Å². The molecule has 0 fully saturated rings. The summed E-state index contributed by atoms with van der Waals surface area (Å²) in [5.41, 5.74) is 0.868. The summed E-state index contributed by atoms with van der Waals surface area (Å²) >= 11 is 0. The van der Waals surface area contributed by atoms with Gasteiger partial charge >= 0.3 is 0 Å². The fourth-order valence-electron chi connectivity index (χ4n) is 2.20. The minimum absolute atomic E-state index is 0.0882. The number of rotatable bonds is 3. The van der Waals surface area contributed by atoms with Crippen LogP contribution in [0.4, 0.5) is 4.39 Å². The van der Waals surface area contributed by atoms with Gasteiger partial charge in [0.1, 0.15) is 17.7 Å². The molecule has 0 saturated carbocycles. The lowest BCUT2D eigenvalue weighted by Crippen LogP contribution is -2.21. The van der Waals surface area contributed by atoms with Gasteiger partial charge in [-0.3, -0.25) is 4.79 Å². The van der Waals surface area contributed by atoms with E-state index in [-0.39, 0.29) is 11.9 Å². The number of hydrogen-bond acceptors (Lipinski definition) is 3. The average Bonchev–Trinajstić information content (AvgIpc) is 2.94. The maximum atomic E-state index is 13.1. The predicted octanol–water partition coefficient (Wildman–Crippen LogP) is 1.84. The van der Waals surface area contributed by atoms with E-state index in [9.17, 15) is 9.18 Å². The first-order valence-electron chi connectivity index (χ1n) is 5.67. The summed E-state index contributed by atoms with van der Waals surface area (Å²) in [5, 5.41) is 0. The van der Waals surface area contributed by atoms with E-state index in [0.717, 1.165) is 5.56 Å². The largest absolute Gasteiger partial charge is 0.488 e. The molecule has 1 atom stereocenters. The Labute approximate surface area is 103 Å². The highest BCUT2D eigenvalue weighted by molar-refractivity contribution is 5.69. The van der Waals surface area contributed by atoms with E-state index in [1.165, 1.54) is 12.1 Å². The van der Waals surface area contributed by atoms with Crippen LogP contribution in [-0.4, -0.2) is 21.9 Å². The molecule has 1 aliphatic rings. The Balaban J connectivity index is 1.76. The number of aromatic nitrogens is 2. The van der Waals surface area contributed by atoms with Crippen molar-refractivity contribution in [1.82, 2.24) is 9.55 Å². The van der Waals surface area contributed by atoms with Crippen LogP contribution in [0.3, 0.4) is 0 Å². The lowest BCUT2D eigenvalue weighted by Gasteiger charge is -2.11. The van der Waals surface area contributed by atoms with Crippen molar-refractivity contribution in [2.45, 2.75) is 19.1 Å². The highest BCUT2D eigenvalue weighted by Gasteiger charge is 2.24. The second-order valence-electron chi connectivity index (χ2n) is 4.25. The first-order valence-corrected chi connectivity index (χ1v) is 5.67. The fourth-order valence-corrected chi connectivity index (χ4v) is 2.20. The van der Waals surface area contributed by atoms with Gasteiger partial charge in [0, 0.05) is 24.4 Å². The Bertz CT molecular complexity index is 594. The molecule has 0 aliphatic carbocycles. The number of aldehydes is 1. The molecule has 1 aliphatic heterocycles. The zero-order chi connectivity index (χ0) is 12.5. The van der Waals surface area contributed by atoms with Crippen LogP contribution < -0.4 is 4.74 Å². The van der Waals surface area contributed by atoms with E-state index in [1.54, 1.807) is 23.0 Å². The van der Waals surface area contributed by atoms with Crippen molar-refractivity contribution in [2.24, 2.45) is 0 Å². The van der Waals surface area contributed by atoms with Crippen molar-refractivity contribution in [3.63, 3.8) is 0 Å². The van der Waals surface area contributed by atoms with Gasteiger partial charge in [-0.1, -0.05) is 0 Å². The Morgan fingerprint density at radius 2 is 2.44 bits per heavy atom. The third-order valence-electron chi connectivity index (χ3n) is 3.02. The van der Waals surface area contributed by atoms with Crippen molar-refractivity contribution in [2.75, 3.05) is 0 Å². The van der Waals surface area contributed by atoms with E-state index in [2.05, 4.69) is 4.98 Å². The smallest absolute Gasteiger partial charge is 0.185 e. The zero-order valence-electron chi connectivity index (χ0n) is 9.54. The zero-order valence-corrected chi connectivity index (χ0v) is 9.54. The average molecular weight is 246 g/mol. The topological polar surface area (TPSA) is 44.1 Å². The molecule has 5 heteroatoms. The number of nitrogens with zero attached hydrogens (tertiary/aromatic N) is 2. The lowest BCUT2D eigenvalue weighted by atomic mass is 10.1. The predicted molar refractivity (Wildman–Crippen MR) is 62.1 cm³/mol. The molecule has 0 N–H and O–H groups in total. The van der Waals surface area contributed by atoms with E-state index in [0.29, 0.717) is 30.8 Å². The van der Waals surface area contributed by atoms with Gasteiger partial charge in [-0.25, -0.2) is 9.37 Å². The molecule has 1 aromatic carbocycles. The molecule has 2 aromatic rings. The highest BCUT2D eigenvalue weighted by atomic mass is 19.1. The number of benzene rings is 1. The molecule has 1 unspecified atom stereocenters. The summed E-state index contributed by atoms with van der Waals surface area (Å²) < 4.78 is 20.5. The van der Waals surface area contributed by atoms with E-state index >= 15 is 0 Å². The first-order chi connectivity index (χ1) is 8.76. The molecule has 3 rings (SSSR count). The van der Waals surface area contributed by atoms with Gasteiger partial charge in [0.05, 0.1) is 6.54 Å². The highest BCUT2D eigenvalue weighted by Crippen LogP contribution is 2.29. The number of carbonyl (C=O) groups excluding carboxylic acids is 1. The standard InChI is InChI=1S/C13H11FN2O2/c14-10-1-2-12-9(5-10)6-11(18-12)7-16-4-3-15-13(16)8-17/h1-5,8,11H,6-7H2. The summed E-state index contributed by atoms with van der Waals surface area (Å²) in [5.74, 6) is 0.837. The van der Waals surface area contributed by atoms with Gasteiger partial charge in [-0.05, 0) is 18.2 Å². The minimum atomic E-state index is -0.255. The Morgan fingerprint density at radius 3 is 3.28 bits per heavy atom. The molecule has 0 spiro atoms. The van der Waals surface area contributed by atoms with E-state index < -0.39 is 0 Å². The monoisotopic (exact) mass is 246 g/mol. The Hall–Kier alpha value is -2.17. The van der Waals surface area contributed by atoms with E-state index in [1.807, 2.05) is 0 Å². The normalized spacial score (nSPS) is 17.3. The molecular weight excluding hydrogens is 235 g/mol. The second-order valence-corrected chi connectivity index (χ2v) is 4.25. The van der Waals surface area contributed by atoms with Crippen LogP contribution in [0.25, 0.3) is 0 Å². The van der Waals surface area contributed by atoms with Gasteiger partial charge in [-0.15, -0.1) is 0 Å². The van der Waals surface area contributed by atoms with Crippen LogP contribution in [0.2, 0.25) is 0 Å².